The van der Waals surface area contributed by atoms with Gasteiger partial charge in [0.05, 0.1) is 23.1 Å². The van der Waals surface area contributed by atoms with Crippen molar-refractivity contribution >= 4 is 22.5 Å². The smallest absolute Gasteiger partial charge is 0.256 e. The van der Waals surface area contributed by atoms with Crippen LogP contribution in [0.3, 0.4) is 0 Å². The standard InChI is InChI=1S/C26H26N4O/c1-19-10-11-23-22(17-19)24(25(28(23)2)20-7-4-3-5-8-20)26(31)30-15-13-29(14-16-30)21-9-6-12-27-18-21/h3-12,17-18H,13-16H2,1-2H3. The largest absolute Gasteiger partial charge is 0.367 e. The summed E-state index contributed by atoms with van der Waals surface area (Å²) < 4.78 is 2.16. The summed E-state index contributed by atoms with van der Waals surface area (Å²) in [5.41, 5.74) is 6.22. The van der Waals surface area contributed by atoms with Crippen LogP contribution < -0.4 is 4.90 Å². The molecule has 0 aliphatic carbocycles. The highest BCUT2D eigenvalue weighted by Gasteiger charge is 2.28. The van der Waals surface area contributed by atoms with Crippen LogP contribution in [0.5, 0.6) is 0 Å². The van der Waals surface area contributed by atoms with Crippen molar-refractivity contribution in [3.63, 3.8) is 0 Å². The lowest BCUT2D eigenvalue weighted by Gasteiger charge is -2.36. The predicted octanol–water partition coefficient (Wildman–Crippen LogP) is 4.51. The van der Waals surface area contributed by atoms with E-state index in [1.165, 1.54) is 0 Å². The van der Waals surface area contributed by atoms with Crippen LogP contribution in [0.4, 0.5) is 5.69 Å². The van der Waals surface area contributed by atoms with E-state index in [1.54, 1.807) is 6.20 Å². The number of benzene rings is 2. The average Bonchev–Trinajstić information content (AvgIpc) is 3.11. The third kappa shape index (κ3) is 3.46. The van der Waals surface area contributed by atoms with Gasteiger partial charge in [0.1, 0.15) is 0 Å². The molecule has 0 atom stereocenters. The van der Waals surface area contributed by atoms with Crippen molar-refractivity contribution in [2.45, 2.75) is 6.92 Å². The summed E-state index contributed by atoms with van der Waals surface area (Å²) in [5, 5.41) is 1.03. The number of anilines is 1. The SMILES string of the molecule is Cc1ccc2c(c1)c(C(=O)N1CCN(c3cccnc3)CC1)c(-c1ccccc1)n2C. The zero-order valence-corrected chi connectivity index (χ0v) is 18.0. The third-order valence-electron chi connectivity index (χ3n) is 6.19. The molecule has 0 saturated carbocycles. The van der Waals surface area contributed by atoms with E-state index in [1.807, 2.05) is 35.4 Å². The van der Waals surface area contributed by atoms with Gasteiger partial charge >= 0.3 is 0 Å². The fourth-order valence-electron chi connectivity index (χ4n) is 4.58. The molecule has 5 nitrogen and oxygen atoms in total. The molecule has 3 heterocycles. The normalized spacial score (nSPS) is 14.3. The molecule has 5 rings (SSSR count). The zero-order valence-electron chi connectivity index (χ0n) is 18.0. The molecule has 31 heavy (non-hydrogen) atoms. The first-order valence-electron chi connectivity index (χ1n) is 10.7. The molecule has 1 aliphatic rings. The minimum absolute atomic E-state index is 0.112. The maximum atomic E-state index is 13.9. The lowest BCUT2D eigenvalue weighted by molar-refractivity contribution is 0.0749. The summed E-state index contributed by atoms with van der Waals surface area (Å²) in [6.07, 6.45) is 3.68. The summed E-state index contributed by atoms with van der Waals surface area (Å²) in [5.74, 6) is 0.112. The fraction of sp³-hybridized carbons (Fsp3) is 0.231. The van der Waals surface area contributed by atoms with E-state index < -0.39 is 0 Å². The quantitative estimate of drug-likeness (QED) is 0.499. The van der Waals surface area contributed by atoms with Gasteiger partial charge in [0, 0.05) is 50.3 Å². The second-order valence-corrected chi connectivity index (χ2v) is 8.16. The van der Waals surface area contributed by atoms with Crippen LogP contribution in [-0.2, 0) is 7.05 Å². The van der Waals surface area contributed by atoms with Gasteiger partial charge in [0.2, 0.25) is 0 Å². The van der Waals surface area contributed by atoms with Gasteiger partial charge in [0.15, 0.2) is 0 Å². The van der Waals surface area contributed by atoms with Crippen LogP contribution in [0.2, 0.25) is 0 Å². The summed E-state index contributed by atoms with van der Waals surface area (Å²) in [6, 6.07) is 20.6. The highest BCUT2D eigenvalue weighted by Crippen LogP contribution is 2.34. The molecule has 0 spiro atoms. The van der Waals surface area contributed by atoms with E-state index in [-0.39, 0.29) is 5.91 Å². The van der Waals surface area contributed by atoms with Crippen molar-refractivity contribution in [2.24, 2.45) is 7.05 Å². The van der Waals surface area contributed by atoms with Crippen molar-refractivity contribution in [3.05, 3.63) is 84.2 Å². The first kappa shape index (κ1) is 19.4. The minimum Gasteiger partial charge on any atom is -0.367 e. The highest BCUT2D eigenvalue weighted by atomic mass is 16.2. The Morgan fingerprint density at radius 1 is 0.935 bits per heavy atom. The molecular formula is C26H26N4O. The number of piperazine rings is 1. The first-order valence-corrected chi connectivity index (χ1v) is 10.7. The summed E-state index contributed by atoms with van der Waals surface area (Å²) in [6.45, 7) is 5.09. The maximum Gasteiger partial charge on any atom is 0.256 e. The van der Waals surface area contributed by atoms with E-state index in [4.69, 9.17) is 0 Å². The number of aromatic nitrogens is 2. The van der Waals surface area contributed by atoms with Gasteiger partial charge in [-0.05, 0) is 36.8 Å². The summed E-state index contributed by atoms with van der Waals surface area (Å²) in [4.78, 5) is 22.4. The van der Waals surface area contributed by atoms with Crippen LogP contribution >= 0.6 is 0 Å². The van der Waals surface area contributed by atoms with Gasteiger partial charge in [-0.25, -0.2) is 0 Å². The Kier molecular flexibility index (Phi) is 4.94. The van der Waals surface area contributed by atoms with Gasteiger partial charge < -0.3 is 14.4 Å². The van der Waals surface area contributed by atoms with Crippen LogP contribution in [-0.4, -0.2) is 46.5 Å². The van der Waals surface area contributed by atoms with E-state index in [9.17, 15) is 4.79 Å². The number of nitrogens with zero attached hydrogens (tertiary/aromatic N) is 4. The number of amides is 1. The van der Waals surface area contributed by atoms with E-state index in [0.29, 0.717) is 13.1 Å². The zero-order chi connectivity index (χ0) is 21.4. The number of pyridine rings is 1. The fourth-order valence-corrected chi connectivity index (χ4v) is 4.58. The van der Waals surface area contributed by atoms with Gasteiger partial charge in [-0.2, -0.15) is 0 Å². The topological polar surface area (TPSA) is 41.4 Å². The molecule has 2 aromatic carbocycles. The van der Waals surface area contributed by atoms with Gasteiger partial charge in [0.25, 0.3) is 5.91 Å². The molecule has 0 radical (unpaired) electrons. The van der Waals surface area contributed by atoms with Crippen LogP contribution in [0.25, 0.3) is 22.2 Å². The number of carbonyl (C=O) groups excluding carboxylic acids is 1. The lowest BCUT2D eigenvalue weighted by Crippen LogP contribution is -2.48. The van der Waals surface area contributed by atoms with Crippen molar-refractivity contribution in [3.8, 4) is 11.3 Å². The second kappa shape index (κ2) is 7.91. The number of aryl methyl sites for hydroxylation is 2. The van der Waals surface area contributed by atoms with Crippen molar-refractivity contribution < 1.29 is 4.79 Å². The summed E-state index contributed by atoms with van der Waals surface area (Å²) >= 11 is 0. The summed E-state index contributed by atoms with van der Waals surface area (Å²) in [7, 11) is 2.05. The predicted molar refractivity (Wildman–Crippen MR) is 125 cm³/mol. The van der Waals surface area contributed by atoms with Crippen molar-refractivity contribution in [2.75, 3.05) is 31.1 Å². The molecule has 1 fully saturated rings. The Morgan fingerprint density at radius 2 is 1.71 bits per heavy atom. The molecule has 2 aromatic heterocycles. The number of carbonyl (C=O) groups is 1. The molecule has 4 aromatic rings. The third-order valence-corrected chi connectivity index (χ3v) is 6.19. The van der Waals surface area contributed by atoms with Crippen LogP contribution in [0.15, 0.2) is 73.1 Å². The maximum absolute atomic E-state index is 13.9. The number of hydrogen-bond acceptors (Lipinski definition) is 3. The van der Waals surface area contributed by atoms with Crippen molar-refractivity contribution in [1.29, 1.82) is 0 Å². The van der Waals surface area contributed by atoms with Gasteiger partial charge in [-0.15, -0.1) is 0 Å². The van der Waals surface area contributed by atoms with Crippen LogP contribution in [0, 0.1) is 6.92 Å². The number of hydrogen-bond donors (Lipinski definition) is 0. The Balaban J connectivity index is 1.52. The Hall–Kier alpha value is -3.60. The van der Waals surface area contributed by atoms with Gasteiger partial charge in [-0.3, -0.25) is 9.78 Å². The monoisotopic (exact) mass is 410 g/mol. The molecule has 156 valence electrons. The number of fused-ring (bicyclic) bond motifs is 1. The van der Waals surface area contributed by atoms with Crippen LogP contribution in [0.1, 0.15) is 15.9 Å². The van der Waals surface area contributed by atoms with Crippen molar-refractivity contribution in [1.82, 2.24) is 14.5 Å². The van der Waals surface area contributed by atoms with E-state index in [2.05, 4.69) is 64.8 Å². The van der Waals surface area contributed by atoms with E-state index >= 15 is 0 Å². The lowest BCUT2D eigenvalue weighted by atomic mass is 10.0. The highest BCUT2D eigenvalue weighted by molar-refractivity contribution is 6.13. The molecule has 0 bridgehead atoms. The number of rotatable bonds is 3. The molecule has 1 aliphatic heterocycles. The second-order valence-electron chi connectivity index (χ2n) is 8.16. The van der Waals surface area contributed by atoms with Gasteiger partial charge in [-0.1, -0.05) is 42.0 Å². The molecule has 1 amide bonds. The average molecular weight is 411 g/mol. The molecule has 0 unspecified atom stereocenters. The molecule has 0 N–H and O–H groups in total. The minimum atomic E-state index is 0.112. The Bertz CT molecular complexity index is 1220. The molecule has 1 saturated heterocycles. The van der Waals surface area contributed by atoms with E-state index in [0.717, 1.165) is 52.1 Å². The molecule has 5 heteroatoms. The Labute approximate surface area is 182 Å². The first-order chi connectivity index (χ1) is 15.1. The molecular weight excluding hydrogens is 384 g/mol. The Morgan fingerprint density at radius 3 is 2.42 bits per heavy atom.